The summed E-state index contributed by atoms with van der Waals surface area (Å²) in [6.07, 6.45) is 5.66. The molecule has 1 N–H and O–H groups in total. The van der Waals surface area contributed by atoms with Gasteiger partial charge in [0, 0.05) is 6.04 Å². The van der Waals surface area contributed by atoms with Crippen molar-refractivity contribution in [3.63, 3.8) is 0 Å². The van der Waals surface area contributed by atoms with Crippen LogP contribution in [-0.4, -0.2) is 21.2 Å². The smallest absolute Gasteiger partial charge is 0.245 e. The Kier molecular flexibility index (Phi) is 6.52. The highest BCUT2D eigenvalue weighted by atomic mass is 35.5. The van der Waals surface area contributed by atoms with E-state index in [9.17, 15) is 0 Å². The second-order valence-corrected chi connectivity index (χ2v) is 4.69. The highest BCUT2D eigenvalue weighted by Gasteiger charge is 2.12. The van der Waals surface area contributed by atoms with Crippen LogP contribution in [0, 0.1) is 0 Å². The Morgan fingerprint density at radius 3 is 2.53 bits per heavy atom. The van der Waals surface area contributed by atoms with Crippen LogP contribution in [0.4, 0.5) is 5.82 Å². The Hall–Kier alpha value is -0.610. The van der Waals surface area contributed by atoms with Gasteiger partial charge < -0.3 is 5.32 Å². The molecule has 0 radical (unpaired) electrons. The Morgan fingerprint density at radius 2 is 1.88 bits per heavy atom. The van der Waals surface area contributed by atoms with Gasteiger partial charge in [0.25, 0.3) is 0 Å². The topological polar surface area (TPSA) is 50.7 Å². The second kappa shape index (κ2) is 7.67. The van der Waals surface area contributed by atoms with E-state index in [0.29, 0.717) is 11.9 Å². The van der Waals surface area contributed by atoms with Crippen molar-refractivity contribution >= 4 is 29.0 Å². The largest absolute Gasteiger partial charge is 0.365 e. The number of aromatic nitrogens is 3. The zero-order chi connectivity index (χ0) is 12.7. The third-order valence-electron chi connectivity index (χ3n) is 2.50. The van der Waals surface area contributed by atoms with E-state index in [4.69, 9.17) is 23.2 Å². The Morgan fingerprint density at radius 1 is 1.12 bits per heavy atom. The minimum Gasteiger partial charge on any atom is -0.365 e. The van der Waals surface area contributed by atoms with Gasteiger partial charge in [0.05, 0.1) is 0 Å². The molecule has 1 aromatic rings. The number of hydrogen-bond acceptors (Lipinski definition) is 4. The van der Waals surface area contributed by atoms with Gasteiger partial charge in [0.15, 0.2) is 11.0 Å². The zero-order valence-corrected chi connectivity index (χ0v) is 11.7. The van der Waals surface area contributed by atoms with Crippen molar-refractivity contribution in [1.82, 2.24) is 15.2 Å². The van der Waals surface area contributed by atoms with Crippen LogP contribution in [-0.2, 0) is 0 Å². The van der Waals surface area contributed by atoms with Crippen molar-refractivity contribution in [2.45, 2.75) is 52.0 Å². The van der Waals surface area contributed by atoms with Crippen LogP contribution < -0.4 is 5.32 Å². The van der Waals surface area contributed by atoms with Gasteiger partial charge in [0.2, 0.25) is 5.28 Å². The maximum atomic E-state index is 5.92. The van der Waals surface area contributed by atoms with Gasteiger partial charge in [-0.2, -0.15) is 4.98 Å². The molecule has 0 fully saturated rings. The summed E-state index contributed by atoms with van der Waals surface area (Å²) < 4.78 is 0. The molecule has 0 spiro atoms. The van der Waals surface area contributed by atoms with Crippen molar-refractivity contribution in [3.05, 3.63) is 10.4 Å². The molecular weight excluding hydrogens is 259 g/mol. The molecule has 17 heavy (non-hydrogen) atoms. The van der Waals surface area contributed by atoms with Gasteiger partial charge in [0.1, 0.15) is 0 Å². The van der Waals surface area contributed by atoms with Crippen molar-refractivity contribution < 1.29 is 0 Å². The fourth-order valence-corrected chi connectivity index (χ4v) is 1.92. The number of anilines is 1. The SMILES string of the molecule is CCCCC(CCC)Nc1nc(Cl)nnc1Cl. The first-order chi connectivity index (χ1) is 8.17. The summed E-state index contributed by atoms with van der Waals surface area (Å²) in [5, 5.41) is 11.0. The zero-order valence-electron chi connectivity index (χ0n) is 10.2. The van der Waals surface area contributed by atoms with Gasteiger partial charge in [-0.25, -0.2) is 0 Å². The molecule has 1 rings (SSSR count). The Bertz CT molecular complexity index is 346. The molecule has 4 nitrogen and oxygen atoms in total. The molecule has 0 amide bonds. The summed E-state index contributed by atoms with van der Waals surface area (Å²) in [5.41, 5.74) is 0. The number of unbranched alkanes of at least 4 members (excludes halogenated alkanes) is 1. The summed E-state index contributed by atoms with van der Waals surface area (Å²) in [5.74, 6) is 0.529. The fourth-order valence-electron chi connectivity index (χ4n) is 1.67. The van der Waals surface area contributed by atoms with Crippen LogP contribution in [0.3, 0.4) is 0 Å². The standard InChI is InChI=1S/C11H18Cl2N4/c1-3-5-7-8(6-4-2)14-10-9(12)16-17-11(13)15-10/h8H,3-7H2,1-2H3,(H,14,15,17). The first-order valence-electron chi connectivity index (χ1n) is 5.99. The predicted octanol–water partition coefficient (Wildman–Crippen LogP) is 3.95. The van der Waals surface area contributed by atoms with Crippen LogP contribution in [0.5, 0.6) is 0 Å². The lowest BCUT2D eigenvalue weighted by Crippen LogP contribution is -2.20. The van der Waals surface area contributed by atoms with E-state index in [-0.39, 0.29) is 10.4 Å². The van der Waals surface area contributed by atoms with Crippen molar-refractivity contribution in [2.75, 3.05) is 5.32 Å². The third kappa shape index (κ3) is 5.04. The lowest BCUT2D eigenvalue weighted by atomic mass is 10.1. The Balaban J connectivity index is 2.67. The van der Waals surface area contributed by atoms with E-state index < -0.39 is 0 Å². The van der Waals surface area contributed by atoms with Crippen molar-refractivity contribution in [1.29, 1.82) is 0 Å². The summed E-state index contributed by atoms with van der Waals surface area (Å²) in [6.45, 7) is 4.34. The maximum absolute atomic E-state index is 5.92. The number of hydrogen-bond donors (Lipinski definition) is 1. The molecule has 0 saturated heterocycles. The fraction of sp³-hybridized carbons (Fsp3) is 0.727. The van der Waals surface area contributed by atoms with Crippen LogP contribution in [0.1, 0.15) is 46.0 Å². The average Bonchev–Trinajstić information content (AvgIpc) is 2.31. The summed E-state index contributed by atoms with van der Waals surface area (Å²) in [6, 6.07) is 0.366. The van der Waals surface area contributed by atoms with Crippen molar-refractivity contribution in [2.24, 2.45) is 0 Å². The predicted molar refractivity (Wildman–Crippen MR) is 71.7 cm³/mol. The summed E-state index contributed by atoms with van der Waals surface area (Å²) >= 11 is 11.6. The second-order valence-electron chi connectivity index (χ2n) is 3.99. The maximum Gasteiger partial charge on any atom is 0.245 e. The summed E-state index contributed by atoms with van der Waals surface area (Å²) in [4.78, 5) is 4.05. The molecular formula is C11H18Cl2N4. The highest BCUT2D eigenvalue weighted by Crippen LogP contribution is 2.20. The van der Waals surface area contributed by atoms with Gasteiger partial charge in [-0.15, -0.1) is 10.2 Å². The molecule has 1 unspecified atom stereocenters. The molecule has 6 heteroatoms. The first-order valence-corrected chi connectivity index (χ1v) is 6.75. The van der Waals surface area contributed by atoms with E-state index in [2.05, 4.69) is 34.3 Å². The molecule has 1 aromatic heterocycles. The van der Waals surface area contributed by atoms with E-state index in [1.165, 1.54) is 12.8 Å². The Labute approximate surface area is 112 Å². The van der Waals surface area contributed by atoms with E-state index in [1.807, 2.05) is 0 Å². The molecule has 0 bridgehead atoms. The minimum atomic E-state index is 0.114. The van der Waals surface area contributed by atoms with Crippen LogP contribution in [0.25, 0.3) is 0 Å². The minimum absolute atomic E-state index is 0.114. The molecule has 1 atom stereocenters. The number of halogens is 2. The normalized spacial score (nSPS) is 12.5. The van der Waals surface area contributed by atoms with Crippen LogP contribution in [0.15, 0.2) is 0 Å². The van der Waals surface area contributed by atoms with Gasteiger partial charge in [-0.05, 0) is 24.4 Å². The van der Waals surface area contributed by atoms with Crippen molar-refractivity contribution in [3.8, 4) is 0 Å². The van der Waals surface area contributed by atoms with E-state index in [1.54, 1.807) is 0 Å². The van der Waals surface area contributed by atoms with Gasteiger partial charge >= 0.3 is 0 Å². The molecule has 96 valence electrons. The molecule has 0 aromatic carbocycles. The number of nitrogens with zero attached hydrogens (tertiary/aromatic N) is 3. The molecule has 0 aliphatic heterocycles. The molecule has 0 aliphatic carbocycles. The van der Waals surface area contributed by atoms with E-state index >= 15 is 0 Å². The highest BCUT2D eigenvalue weighted by molar-refractivity contribution is 6.32. The molecule has 0 saturated carbocycles. The van der Waals surface area contributed by atoms with Gasteiger partial charge in [-0.3, -0.25) is 0 Å². The third-order valence-corrected chi connectivity index (χ3v) is 2.92. The monoisotopic (exact) mass is 276 g/mol. The number of rotatable bonds is 7. The molecule has 0 aliphatic rings. The van der Waals surface area contributed by atoms with Gasteiger partial charge in [-0.1, -0.05) is 44.7 Å². The average molecular weight is 277 g/mol. The lowest BCUT2D eigenvalue weighted by Gasteiger charge is -2.18. The van der Waals surface area contributed by atoms with Crippen LogP contribution >= 0.6 is 23.2 Å². The quantitative estimate of drug-likeness (QED) is 0.819. The van der Waals surface area contributed by atoms with E-state index in [0.717, 1.165) is 19.3 Å². The molecule has 1 heterocycles. The summed E-state index contributed by atoms with van der Waals surface area (Å²) in [7, 11) is 0. The van der Waals surface area contributed by atoms with Crippen LogP contribution in [0.2, 0.25) is 10.4 Å². The first kappa shape index (κ1) is 14.5. The lowest BCUT2D eigenvalue weighted by molar-refractivity contribution is 0.562. The number of nitrogens with one attached hydrogen (secondary N) is 1.